The molecule has 0 spiro atoms. The quantitative estimate of drug-likeness (QED) is 0.602. The van der Waals surface area contributed by atoms with Gasteiger partial charge in [-0.25, -0.2) is 4.98 Å². The molecule has 0 saturated carbocycles. The number of hydrogen-bond acceptors (Lipinski definition) is 7. The number of aliphatic hydroxyl groups excluding tert-OH is 1. The maximum Gasteiger partial charge on any atom is 0.573 e. The normalized spacial score (nSPS) is 15.4. The van der Waals surface area contributed by atoms with Gasteiger partial charge in [-0.05, 0) is 17.7 Å². The molecule has 1 atom stereocenters. The molecule has 0 bridgehead atoms. The minimum absolute atomic E-state index is 0.0100. The van der Waals surface area contributed by atoms with Crippen molar-refractivity contribution in [3.8, 4) is 5.75 Å². The van der Waals surface area contributed by atoms with Gasteiger partial charge in [-0.15, -0.1) is 13.2 Å². The molecule has 3 N–H and O–H groups in total. The van der Waals surface area contributed by atoms with Crippen molar-refractivity contribution in [1.82, 2.24) is 15.3 Å². The predicted octanol–water partition coefficient (Wildman–Crippen LogP) is 0.967. The van der Waals surface area contributed by atoms with E-state index in [4.69, 9.17) is 4.74 Å². The van der Waals surface area contributed by atoms with Crippen molar-refractivity contribution in [3.05, 3.63) is 51.9 Å². The Labute approximate surface area is 168 Å². The van der Waals surface area contributed by atoms with Gasteiger partial charge in [0.15, 0.2) is 0 Å². The van der Waals surface area contributed by atoms with Crippen LogP contribution in [0.25, 0.3) is 0 Å². The smallest absolute Gasteiger partial charge is 0.406 e. The first-order valence-electron chi connectivity index (χ1n) is 8.85. The Morgan fingerprint density at radius 3 is 2.60 bits per heavy atom. The highest BCUT2D eigenvalue weighted by Gasteiger charge is 2.31. The van der Waals surface area contributed by atoms with E-state index in [9.17, 15) is 27.9 Å². The van der Waals surface area contributed by atoms with Crippen molar-refractivity contribution in [2.45, 2.75) is 18.5 Å². The molecule has 3 rings (SSSR count). The number of anilines is 1. The lowest BCUT2D eigenvalue weighted by molar-refractivity contribution is -0.274. The number of aliphatic hydroxyl groups is 1. The molecule has 1 aromatic heterocycles. The zero-order valence-electron chi connectivity index (χ0n) is 15.8. The minimum atomic E-state index is -4.82. The topological polar surface area (TPSA) is 117 Å². The number of halogens is 3. The third-order valence-electron chi connectivity index (χ3n) is 4.45. The fourth-order valence-electron chi connectivity index (χ4n) is 2.84. The number of rotatable bonds is 7. The van der Waals surface area contributed by atoms with Crippen LogP contribution < -0.4 is 20.5 Å². The third kappa shape index (κ3) is 5.27. The first-order valence-corrected chi connectivity index (χ1v) is 8.85. The van der Waals surface area contributed by atoms with Crippen molar-refractivity contribution in [2.75, 3.05) is 31.7 Å². The summed E-state index contributed by atoms with van der Waals surface area (Å²) < 4.78 is 45.7. The molecule has 0 aliphatic carbocycles. The highest BCUT2D eigenvalue weighted by Crippen LogP contribution is 2.24. The largest absolute Gasteiger partial charge is 0.573 e. The summed E-state index contributed by atoms with van der Waals surface area (Å²) in [5.41, 5.74) is -0.346. The molecule has 1 aliphatic heterocycles. The summed E-state index contributed by atoms with van der Waals surface area (Å²) in [5, 5.41) is 12.1. The number of alkyl halides is 3. The number of carbonyl (C=O) groups is 1. The molecule has 1 saturated heterocycles. The lowest BCUT2D eigenvalue weighted by Crippen LogP contribution is -2.53. The van der Waals surface area contributed by atoms with Crippen LogP contribution in [0.1, 0.15) is 22.1 Å². The number of nitrogens with zero attached hydrogens (tertiary/aromatic N) is 2. The average molecular weight is 428 g/mol. The van der Waals surface area contributed by atoms with Gasteiger partial charge in [-0.3, -0.25) is 14.6 Å². The second-order valence-corrected chi connectivity index (χ2v) is 6.54. The summed E-state index contributed by atoms with van der Waals surface area (Å²) in [6, 6.07) is 4.78. The summed E-state index contributed by atoms with van der Waals surface area (Å²) in [6.07, 6.45) is -4.81. The van der Waals surface area contributed by atoms with Gasteiger partial charge in [0.1, 0.15) is 11.4 Å². The van der Waals surface area contributed by atoms with Crippen LogP contribution in [-0.4, -0.2) is 60.3 Å². The molecule has 1 aliphatic rings. The molecule has 30 heavy (non-hydrogen) atoms. The average Bonchev–Trinajstić information content (AvgIpc) is 2.64. The molecule has 1 unspecified atom stereocenters. The van der Waals surface area contributed by atoms with Gasteiger partial charge >= 0.3 is 6.36 Å². The molecule has 1 amide bonds. The molecular weight excluding hydrogens is 409 g/mol. The van der Waals surface area contributed by atoms with E-state index in [2.05, 4.69) is 20.0 Å². The van der Waals surface area contributed by atoms with E-state index in [1.165, 1.54) is 12.1 Å². The van der Waals surface area contributed by atoms with Crippen LogP contribution in [0.5, 0.6) is 5.75 Å². The van der Waals surface area contributed by atoms with Crippen molar-refractivity contribution in [1.29, 1.82) is 0 Å². The summed E-state index contributed by atoms with van der Waals surface area (Å²) in [4.78, 5) is 32.8. The zero-order chi connectivity index (χ0) is 21.9. The lowest BCUT2D eigenvalue weighted by Gasteiger charge is -2.38. The van der Waals surface area contributed by atoms with E-state index in [1.807, 2.05) is 0 Å². The predicted molar refractivity (Wildman–Crippen MR) is 98.3 cm³/mol. The number of aromatic amines is 1. The van der Waals surface area contributed by atoms with E-state index in [0.29, 0.717) is 18.7 Å². The fourth-order valence-corrected chi connectivity index (χ4v) is 2.84. The summed E-state index contributed by atoms with van der Waals surface area (Å²) >= 11 is 0. The number of carbonyl (C=O) groups excluding carboxylic acids is 1. The number of methoxy groups -OCH3 is 1. The van der Waals surface area contributed by atoms with E-state index >= 15 is 0 Å². The number of aromatic nitrogens is 2. The first-order chi connectivity index (χ1) is 14.2. The van der Waals surface area contributed by atoms with Gasteiger partial charge < -0.3 is 24.8 Å². The van der Waals surface area contributed by atoms with Crippen LogP contribution in [-0.2, 0) is 4.74 Å². The Kier molecular flexibility index (Phi) is 6.27. The Morgan fingerprint density at radius 2 is 2.03 bits per heavy atom. The molecule has 2 aromatic rings. The summed E-state index contributed by atoms with van der Waals surface area (Å²) in [5.74, 6) is -0.935. The zero-order valence-corrected chi connectivity index (χ0v) is 15.8. The molecule has 12 heteroatoms. The number of amides is 1. The monoisotopic (exact) mass is 428 g/mol. The Morgan fingerprint density at radius 1 is 1.37 bits per heavy atom. The number of ether oxygens (including phenoxy) is 2. The van der Waals surface area contributed by atoms with Gasteiger partial charge in [0.05, 0.1) is 18.8 Å². The van der Waals surface area contributed by atoms with Crippen LogP contribution in [0.3, 0.4) is 0 Å². The molecule has 1 aromatic carbocycles. The van der Waals surface area contributed by atoms with Gasteiger partial charge in [0, 0.05) is 26.3 Å². The first kappa shape index (κ1) is 21.6. The summed E-state index contributed by atoms with van der Waals surface area (Å²) in [6.45, 7) is 0.495. The van der Waals surface area contributed by atoms with Crippen molar-refractivity contribution in [3.63, 3.8) is 0 Å². The van der Waals surface area contributed by atoms with Crippen LogP contribution in [0.2, 0.25) is 0 Å². The molecule has 162 valence electrons. The third-order valence-corrected chi connectivity index (χ3v) is 4.45. The van der Waals surface area contributed by atoms with Crippen molar-refractivity contribution < 1.29 is 32.5 Å². The van der Waals surface area contributed by atoms with Gasteiger partial charge in [-0.1, -0.05) is 12.1 Å². The maximum absolute atomic E-state index is 12.5. The van der Waals surface area contributed by atoms with Gasteiger partial charge in [0.25, 0.3) is 11.5 Å². The van der Waals surface area contributed by atoms with Crippen LogP contribution in [0, 0.1) is 0 Å². The molecule has 2 heterocycles. The Bertz CT molecular complexity index is 942. The second-order valence-electron chi connectivity index (χ2n) is 6.54. The van der Waals surface area contributed by atoms with E-state index in [-0.39, 0.29) is 17.7 Å². The number of H-pyrrole nitrogens is 1. The highest BCUT2D eigenvalue weighted by atomic mass is 19.4. The molecular formula is C18H19F3N4O5. The molecule has 0 radical (unpaired) electrons. The standard InChI is InChI=1S/C18H19F3N4O5/c1-29-12-7-25(8-12)17-23-13(6-15(27)24-17)16(28)22-14(9-26)10-2-4-11(5-3-10)30-18(19,20)21/h2-6,12,14,26H,7-9H2,1H3,(H,22,28)(H,23,24,27). The number of hydrogen-bond donors (Lipinski definition) is 3. The van der Waals surface area contributed by atoms with Crippen LogP contribution in [0.15, 0.2) is 35.1 Å². The summed E-state index contributed by atoms with van der Waals surface area (Å²) in [7, 11) is 1.57. The Balaban J connectivity index is 1.71. The van der Waals surface area contributed by atoms with Gasteiger partial charge in [-0.2, -0.15) is 0 Å². The lowest BCUT2D eigenvalue weighted by atomic mass is 10.1. The van der Waals surface area contributed by atoms with Crippen molar-refractivity contribution >= 4 is 11.9 Å². The van der Waals surface area contributed by atoms with E-state index < -0.39 is 36.2 Å². The van der Waals surface area contributed by atoms with E-state index in [0.717, 1.165) is 18.2 Å². The highest BCUT2D eigenvalue weighted by molar-refractivity contribution is 5.92. The minimum Gasteiger partial charge on any atom is -0.406 e. The van der Waals surface area contributed by atoms with Crippen LogP contribution in [0.4, 0.5) is 19.1 Å². The number of nitrogens with one attached hydrogen (secondary N) is 2. The van der Waals surface area contributed by atoms with Gasteiger partial charge in [0.2, 0.25) is 5.95 Å². The van der Waals surface area contributed by atoms with Crippen molar-refractivity contribution in [2.24, 2.45) is 0 Å². The maximum atomic E-state index is 12.5. The molecule has 1 fully saturated rings. The Hall–Kier alpha value is -3.12. The fraction of sp³-hybridized carbons (Fsp3) is 0.389. The van der Waals surface area contributed by atoms with E-state index in [1.54, 1.807) is 12.0 Å². The SMILES string of the molecule is COC1CN(c2nc(C(=O)NC(CO)c3ccc(OC(F)(F)F)cc3)cc(=O)[nH]2)C1. The number of benzene rings is 1. The van der Waals surface area contributed by atoms with Crippen LogP contribution >= 0.6 is 0 Å². The second kappa shape index (κ2) is 8.71. The molecule has 9 nitrogen and oxygen atoms in total.